The van der Waals surface area contributed by atoms with Crippen molar-refractivity contribution >= 4 is 0 Å². The molecule has 0 aliphatic carbocycles. The van der Waals surface area contributed by atoms with Crippen LogP contribution in [0.4, 0.5) is 0 Å². The van der Waals surface area contributed by atoms with Crippen LogP contribution in [0.25, 0.3) is 0 Å². The van der Waals surface area contributed by atoms with Crippen molar-refractivity contribution in [3.05, 3.63) is 0 Å². The fourth-order valence-electron chi connectivity index (χ4n) is 3.43. The zero-order valence-electron chi connectivity index (χ0n) is 14.3. The molecule has 0 aliphatic heterocycles. The summed E-state index contributed by atoms with van der Waals surface area (Å²) in [5.41, 5.74) is 0. The molecule has 0 aromatic heterocycles. The Balaban J connectivity index is 3.97. The summed E-state index contributed by atoms with van der Waals surface area (Å²) >= 11 is 0. The van der Waals surface area contributed by atoms with E-state index in [0.29, 0.717) is 0 Å². The largest absolute Gasteiger partial charge is 0.0654 e. The molecular formula is C19H40. The van der Waals surface area contributed by atoms with Crippen LogP contribution in [-0.2, 0) is 0 Å². The van der Waals surface area contributed by atoms with E-state index >= 15 is 0 Å². The molecule has 0 rings (SSSR count). The molecule has 116 valence electrons. The summed E-state index contributed by atoms with van der Waals surface area (Å²) in [4.78, 5) is 0. The van der Waals surface area contributed by atoms with Gasteiger partial charge in [-0.3, -0.25) is 0 Å². The Morgan fingerprint density at radius 2 is 1.00 bits per heavy atom. The van der Waals surface area contributed by atoms with Gasteiger partial charge in [-0.2, -0.15) is 0 Å². The second kappa shape index (κ2) is 14.4. The minimum atomic E-state index is 1.01. The topological polar surface area (TPSA) is 0 Å². The first-order chi connectivity index (χ1) is 9.29. The van der Waals surface area contributed by atoms with Crippen LogP contribution in [0.1, 0.15) is 111 Å². The summed E-state index contributed by atoms with van der Waals surface area (Å²) in [7, 11) is 0. The summed E-state index contributed by atoms with van der Waals surface area (Å²) in [6.07, 6.45) is 18.7. The van der Waals surface area contributed by atoms with Gasteiger partial charge in [0.05, 0.1) is 0 Å². The third-order valence-corrected chi connectivity index (χ3v) is 4.71. The highest BCUT2D eigenvalue weighted by Gasteiger charge is 2.18. The van der Waals surface area contributed by atoms with Crippen molar-refractivity contribution in [1.82, 2.24) is 0 Å². The van der Waals surface area contributed by atoms with Crippen LogP contribution in [0.2, 0.25) is 0 Å². The Hall–Kier alpha value is 0. The average Bonchev–Trinajstić information content (AvgIpc) is 2.43. The predicted octanol–water partition coefficient (Wildman–Crippen LogP) is 7.37. The van der Waals surface area contributed by atoms with Gasteiger partial charge in [0.15, 0.2) is 0 Å². The van der Waals surface area contributed by atoms with Crippen molar-refractivity contribution in [1.29, 1.82) is 0 Å². The van der Waals surface area contributed by atoms with E-state index in [2.05, 4.69) is 27.7 Å². The summed E-state index contributed by atoms with van der Waals surface area (Å²) in [6, 6.07) is 0. The molecule has 0 nitrogen and oxygen atoms in total. The van der Waals surface area contributed by atoms with Gasteiger partial charge in [0, 0.05) is 0 Å². The lowest BCUT2D eigenvalue weighted by Crippen LogP contribution is -2.14. The van der Waals surface area contributed by atoms with Crippen molar-refractivity contribution < 1.29 is 0 Å². The van der Waals surface area contributed by atoms with Gasteiger partial charge in [0.2, 0.25) is 0 Å². The molecule has 0 spiro atoms. The van der Waals surface area contributed by atoms with E-state index in [0.717, 1.165) is 11.8 Å². The van der Waals surface area contributed by atoms with Crippen molar-refractivity contribution in [2.24, 2.45) is 11.8 Å². The lowest BCUT2D eigenvalue weighted by Gasteiger charge is -2.26. The summed E-state index contributed by atoms with van der Waals surface area (Å²) < 4.78 is 0. The minimum Gasteiger partial charge on any atom is -0.0654 e. The molecule has 0 bridgehead atoms. The highest BCUT2D eigenvalue weighted by Crippen LogP contribution is 2.30. The van der Waals surface area contributed by atoms with E-state index in [9.17, 15) is 0 Å². The van der Waals surface area contributed by atoms with E-state index in [1.807, 2.05) is 0 Å². The molecule has 0 aromatic carbocycles. The predicted molar refractivity (Wildman–Crippen MR) is 89.7 cm³/mol. The number of rotatable bonds is 14. The summed E-state index contributed by atoms with van der Waals surface area (Å²) in [5, 5.41) is 0. The van der Waals surface area contributed by atoms with Crippen LogP contribution in [0, 0.1) is 11.8 Å². The monoisotopic (exact) mass is 268 g/mol. The molecule has 0 heteroatoms. The first kappa shape index (κ1) is 19.0. The number of hydrogen-bond donors (Lipinski definition) is 0. The van der Waals surface area contributed by atoms with Crippen molar-refractivity contribution in [2.75, 3.05) is 0 Å². The van der Waals surface area contributed by atoms with Crippen LogP contribution in [0.5, 0.6) is 0 Å². The Kier molecular flexibility index (Phi) is 14.4. The zero-order valence-corrected chi connectivity index (χ0v) is 14.3. The van der Waals surface area contributed by atoms with Gasteiger partial charge in [0.25, 0.3) is 0 Å². The fraction of sp³-hybridized carbons (Fsp3) is 1.00. The Morgan fingerprint density at radius 3 is 1.42 bits per heavy atom. The van der Waals surface area contributed by atoms with Gasteiger partial charge in [-0.05, 0) is 11.8 Å². The van der Waals surface area contributed by atoms with Crippen LogP contribution in [0.15, 0.2) is 0 Å². The highest BCUT2D eigenvalue weighted by atomic mass is 14.2. The fourth-order valence-corrected chi connectivity index (χ4v) is 3.43. The molecule has 19 heavy (non-hydrogen) atoms. The smallest absolute Gasteiger partial charge is 0.0386 e. The maximum absolute atomic E-state index is 2.42. The van der Waals surface area contributed by atoms with Crippen molar-refractivity contribution in [2.45, 2.75) is 111 Å². The zero-order chi connectivity index (χ0) is 14.3. The number of unbranched alkanes of at least 4 members (excludes halogenated alkanes) is 6. The normalized spacial score (nSPS) is 14.5. The van der Waals surface area contributed by atoms with Crippen LogP contribution < -0.4 is 0 Å². The molecule has 0 saturated carbocycles. The maximum atomic E-state index is 2.42. The minimum absolute atomic E-state index is 1.01. The molecular weight excluding hydrogens is 228 g/mol. The Labute approximate surface area is 123 Å². The molecule has 0 amide bonds. The second-order valence-electron chi connectivity index (χ2n) is 6.42. The molecule has 2 atom stereocenters. The van der Waals surface area contributed by atoms with E-state index in [-0.39, 0.29) is 0 Å². The average molecular weight is 269 g/mol. The molecule has 0 saturated heterocycles. The lowest BCUT2D eigenvalue weighted by atomic mass is 9.80. The SMILES string of the molecule is CCCCCCC(CC)C(CCC)CCCCCC. The summed E-state index contributed by atoms with van der Waals surface area (Å²) in [6.45, 7) is 9.40. The van der Waals surface area contributed by atoms with Gasteiger partial charge >= 0.3 is 0 Å². The third kappa shape index (κ3) is 10.4. The van der Waals surface area contributed by atoms with Crippen molar-refractivity contribution in [3.8, 4) is 0 Å². The van der Waals surface area contributed by atoms with Gasteiger partial charge in [-0.25, -0.2) is 0 Å². The molecule has 0 aliphatic rings. The van der Waals surface area contributed by atoms with Crippen molar-refractivity contribution in [3.63, 3.8) is 0 Å². The molecule has 0 N–H and O–H groups in total. The Bertz CT molecular complexity index is 161. The van der Waals surface area contributed by atoms with Crippen LogP contribution in [0.3, 0.4) is 0 Å². The Morgan fingerprint density at radius 1 is 0.474 bits per heavy atom. The maximum Gasteiger partial charge on any atom is -0.0386 e. The summed E-state index contributed by atoms with van der Waals surface area (Å²) in [5.74, 6) is 2.03. The third-order valence-electron chi connectivity index (χ3n) is 4.71. The van der Waals surface area contributed by atoms with Crippen LogP contribution >= 0.6 is 0 Å². The first-order valence-electron chi connectivity index (χ1n) is 9.29. The van der Waals surface area contributed by atoms with E-state index in [4.69, 9.17) is 0 Å². The molecule has 0 fully saturated rings. The first-order valence-corrected chi connectivity index (χ1v) is 9.29. The van der Waals surface area contributed by atoms with E-state index in [1.54, 1.807) is 0 Å². The highest BCUT2D eigenvalue weighted by molar-refractivity contribution is 4.70. The van der Waals surface area contributed by atoms with Crippen LogP contribution in [-0.4, -0.2) is 0 Å². The molecule has 0 radical (unpaired) electrons. The lowest BCUT2D eigenvalue weighted by molar-refractivity contribution is 0.254. The molecule has 2 unspecified atom stereocenters. The standard InChI is InChI=1S/C19H40/c1-5-9-11-13-16-18(8-4)19(15-7-3)17-14-12-10-6-2/h18-19H,5-17H2,1-4H3. The quantitative estimate of drug-likeness (QED) is 0.288. The van der Waals surface area contributed by atoms with E-state index in [1.165, 1.54) is 83.5 Å². The van der Waals surface area contributed by atoms with Gasteiger partial charge in [-0.15, -0.1) is 0 Å². The molecule has 0 heterocycles. The van der Waals surface area contributed by atoms with Gasteiger partial charge in [0.1, 0.15) is 0 Å². The molecule has 0 aromatic rings. The van der Waals surface area contributed by atoms with Gasteiger partial charge < -0.3 is 0 Å². The second-order valence-corrected chi connectivity index (χ2v) is 6.42. The number of hydrogen-bond acceptors (Lipinski definition) is 0. The van der Waals surface area contributed by atoms with Gasteiger partial charge in [-0.1, -0.05) is 111 Å². The van der Waals surface area contributed by atoms with E-state index < -0.39 is 0 Å².